The molecule has 0 heterocycles. The highest BCUT2D eigenvalue weighted by Gasteiger charge is 2.24. The molecule has 0 fully saturated rings. The van der Waals surface area contributed by atoms with Crippen molar-refractivity contribution in [3.63, 3.8) is 0 Å². The predicted molar refractivity (Wildman–Crippen MR) is 92.0 cm³/mol. The highest BCUT2D eigenvalue weighted by Crippen LogP contribution is 2.33. The van der Waals surface area contributed by atoms with Gasteiger partial charge in [0.25, 0.3) is 0 Å². The molecule has 2 rings (SSSR count). The summed E-state index contributed by atoms with van der Waals surface area (Å²) in [4.78, 5) is 0. The Morgan fingerprint density at radius 2 is 0.840 bits per heavy atom. The molecule has 6 heteroatoms. The third-order valence-corrected chi connectivity index (χ3v) is 3.77. The van der Waals surface area contributed by atoms with Gasteiger partial charge in [0.2, 0.25) is 0 Å². The zero-order valence-corrected chi connectivity index (χ0v) is 14.7. The molecule has 0 saturated heterocycles. The normalized spacial score (nSPS) is 12.8. The van der Waals surface area contributed by atoms with Gasteiger partial charge in [-0.05, 0) is 35.4 Å². The van der Waals surface area contributed by atoms with Crippen LogP contribution in [-0.2, 0) is 5.41 Å². The number of hydrogen-bond donors (Lipinski definition) is 4. The Hall–Kier alpha value is -2.12. The molecule has 0 spiro atoms. The molecule has 2 aromatic carbocycles. The molecule has 0 bridgehead atoms. The van der Waals surface area contributed by atoms with Crippen LogP contribution < -0.4 is 9.47 Å². The first-order valence-electron chi connectivity index (χ1n) is 7.85. The Labute approximate surface area is 146 Å². The zero-order valence-electron chi connectivity index (χ0n) is 14.7. The van der Waals surface area contributed by atoms with Crippen molar-refractivity contribution < 1.29 is 29.9 Å². The molecule has 25 heavy (non-hydrogen) atoms. The molecule has 0 aliphatic rings. The molecule has 6 nitrogen and oxygen atoms in total. The van der Waals surface area contributed by atoms with Crippen molar-refractivity contribution in [2.75, 3.05) is 0 Å². The van der Waals surface area contributed by atoms with Crippen molar-refractivity contribution in [1.29, 1.82) is 0 Å². The number of aliphatic hydroxyl groups is 4. The first-order chi connectivity index (χ1) is 11.4. The maximum atomic E-state index is 9.27. The van der Waals surface area contributed by atoms with E-state index in [2.05, 4.69) is 0 Å². The van der Waals surface area contributed by atoms with Crippen molar-refractivity contribution in [3.8, 4) is 11.5 Å². The summed E-state index contributed by atoms with van der Waals surface area (Å²) in [5.74, 6) is -3.75. The molecule has 0 unspecified atom stereocenters. The van der Waals surface area contributed by atoms with Crippen LogP contribution in [0.4, 0.5) is 0 Å². The van der Waals surface area contributed by atoms with Gasteiger partial charge in [0.1, 0.15) is 11.5 Å². The van der Waals surface area contributed by atoms with E-state index < -0.39 is 11.9 Å². The largest absolute Gasteiger partial charge is 0.439 e. The van der Waals surface area contributed by atoms with E-state index in [0.29, 0.717) is 11.5 Å². The van der Waals surface area contributed by atoms with Crippen LogP contribution >= 0.6 is 0 Å². The number of rotatable bonds is 6. The molecular formula is C19H24O6. The highest BCUT2D eigenvalue weighted by atomic mass is 16.8. The minimum absolute atomic E-state index is 0.333. The average molecular weight is 348 g/mol. The fraction of sp³-hybridized carbons (Fsp3) is 0.368. The maximum Gasteiger partial charge on any atom is 0.318 e. The summed E-state index contributed by atoms with van der Waals surface area (Å²) in [6, 6.07) is 14.1. The van der Waals surface area contributed by atoms with Crippen LogP contribution in [-0.4, -0.2) is 32.4 Å². The van der Waals surface area contributed by atoms with Gasteiger partial charge in [-0.1, -0.05) is 38.1 Å². The molecule has 4 N–H and O–H groups in total. The van der Waals surface area contributed by atoms with E-state index in [0.717, 1.165) is 25.0 Å². The second-order valence-corrected chi connectivity index (χ2v) is 6.75. The molecule has 0 amide bonds. The summed E-state index contributed by atoms with van der Waals surface area (Å²) < 4.78 is 9.97. The smallest absolute Gasteiger partial charge is 0.318 e. The predicted octanol–water partition coefficient (Wildman–Crippen LogP) is 2.09. The lowest BCUT2D eigenvalue weighted by Gasteiger charge is -2.27. The van der Waals surface area contributed by atoms with Gasteiger partial charge in [0.05, 0.1) is 0 Å². The van der Waals surface area contributed by atoms with Gasteiger partial charge in [0, 0.05) is 19.3 Å². The number of hydrogen-bond acceptors (Lipinski definition) is 6. The molecule has 0 aliphatic carbocycles. The monoisotopic (exact) mass is 348 g/mol. The summed E-state index contributed by atoms with van der Waals surface area (Å²) in [5.41, 5.74) is 1.67. The highest BCUT2D eigenvalue weighted by molar-refractivity contribution is 5.41. The van der Waals surface area contributed by atoms with Gasteiger partial charge in [-0.2, -0.15) is 0 Å². The lowest BCUT2D eigenvalue weighted by atomic mass is 9.78. The van der Waals surface area contributed by atoms with Gasteiger partial charge >= 0.3 is 11.9 Å². The Balaban J connectivity index is 2.20. The van der Waals surface area contributed by atoms with E-state index in [1.807, 2.05) is 38.1 Å². The molecule has 0 aromatic heterocycles. The standard InChI is InChI=1S/C19H24O6/c1-17(2,13-5-9-15(10-6-13)24-18(3,20)21)14-7-11-16(12-8-14)25-19(4,22)23/h5-12,20-23H,1-4H3. The summed E-state index contributed by atoms with van der Waals surface area (Å²) in [7, 11) is 0. The minimum Gasteiger partial charge on any atom is -0.439 e. The Morgan fingerprint density at radius 3 is 1.08 bits per heavy atom. The van der Waals surface area contributed by atoms with E-state index >= 15 is 0 Å². The summed E-state index contributed by atoms with van der Waals surface area (Å²) >= 11 is 0. The molecule has 0 atom stereocenters. The molecule has 0 saturated carbocycles. The maximum absolute atomic E-state index is 9.27. The topological polar surface area (TPSA) is 99.4 Å². The van der Waals surface area contributed by atoms with Gasteiger partial charge in [-0.15, -0.1) is 0 Å². The second-order valence-electron chi connectivity index (χ2n) is 6.75. The first-order valence-corrected chi connectivity index (χ1v) is 7.85. The average Bonchev–Trinajstić information content (AvgIpc) is 2.45. The van der Waals surface area contributed by atoms with Crippen molar-refractivity contribution in [2.24, 2.45) is 0 Å². The van der Waals surface area contributed by atoms with Crippen molar-refractivity contribution >= 4 is 0 Å². The lowest BCUT2D eigenvalue weighted by Crippen LogP contribution is -2.31. The Kier molecular flexibility index (Phi) is 5.11. The fourth-order valence-corrected chi connectivity index (χ4v) is 2.49. The number of benzene rings is 2. The van der Waals surface area contributed by atoms with Crippen LogP contribution in [0.15, 0.2) is 48.5 Å². The van der Waals surface area contributed by atoms with E-state index in [9.17, 15) is 20.4 Å². The van der Waals surface area contributed by atoms with E-state index in [1.54, 1.807) is 24.3 Å². The summed E-state index contributed by atoms with van der Waals surface area (Å²) in [6.45, 7) is 6.36. The van der Waals surface area contributed by atoms with Crippen LogP contribution in [0.3, 0.4) is 0 Å². The van der Waals surface area contributed by atoms with Crippen molar-refractivity contribution in [3.05, 3.63) is 59.7 Å². The molecule has 2 aromatic rings. The Morgan fingerprint density at radius 1 is 0.560 bits per heavy atom. The van der Waals surface area contributed by atoms with Gasteiger partial charge in [0.15, 0.2) is 0 Å². The van der Waals surface area contributed by atoms with E-state index in [4.69, 9.17) is 9.47 Å². The van der Waals surface area contributed by atoms with Gasteiger partial charge < -0.3 is 29.9 Å². The zero-order chi connectivity index (χ0) is 18.9. The molecular weight excluding hydrogens is 324 g/mol. The van der Waals surface area contributed by atoms with Gasteiger partial charge in [-0.25, -0.2) is 0 Å². The third-order valence-electron chi connectivity index (χ3n) is 3.77. The van der Waals surface area contributed by atoms with Crippen LogP contribution in [0.1, 0.15) is 38.8 Å². The Bertz CT molecular complexity index is 629. The van der Waals surface area contributed by atoms with Crippen LogP contribution in [0.5, 0.6) is 11.5 Å². The lowest BCUT2D eigenvalue weighted by molar-refractivity contribution is -0.278. The molecule has 0 radical (unpaired) electrons. The third kappa shape index (κ3) is 5.44. The summed E-state index contributed by atoms with van der Waals surface area (Å²) in [5, 5.41) is 37.1. The summed E-state index contributed by atoms with van der Waals surface area (Å²) in [6.07, 6.45) is 0. The minimum atomic E-state index is -2.22. The van der Waals surface area contributed by atoms with E-state index in [1.165, 1.54) is 0 Å². The van der Waals surface area contributed by atoms with Crippen molar-refractivity contribution in [2.45, 2.75) is 45.1 Å². The van der Waals surface area contributed by atoms with Crippen LogP contribution in [0.2, 0.25) is 0 Å². The molecule has 136 valence electrons. The fourth-order valence-electron chi connectivity index (χ4n) is 2.49. The van der Waals surface area contributed by atoms with Crippen molar-refractivity contribution in [1.82, 2.24) is 0 Å². The van der Waals surface area contributed by atoms with E-state index in [-0.39, 0.29) is 5.41 Å². The molecule has 0 aliphatic heterocycles. The quantitative estimate of drug-likeness (QED) is 0.597. The SMILES string of the molecule is CC(O)(O)Oc1ccc(C(C)(C)c2ccc(OC(C)(O)O)cc2)cc1. The number of ether oxygens (including phenoxy) is 2. The van der Waals surface area contributed by atoms with Crippen LogP contribution in [0, 0.1) is 0 Å². The van der Waals surface area contributed by atoms with Gasteiger partial charge in [-0.3, -0.25) is 0 Å². The second kappa shape index (κ2) is 6.65. The van der Waals surface area contributed by atoms with Crippen LogP contribution in [0.25, 0.3) is 0 Å². The first kappa shape index (κ1) is 19.2.